The van der Waals surface area contributed by atoms with Crippen molar-refractivity contribution in [3.8, 4) is 0 Å². The molecule has 0 aliphatic carbocycles. The largest absolute Gasteiger partial charge is 0.353 e. The van der Waals surface area contributed by atoms with Gasteiger partial charge in [-0.3, -0.25) is 4.79 Å². The topological polar surface area (TPSA) is 29.1 Å². The molecule has 2 atom stereocenters. The maximum atomic E-state index is 11.6. The number of nitrogens with one attached hydrogen (secondary N) is 1. The van der Waals surface area contributed by atoms with Crippen molar-refractivity contribution < 1.29 is 4.79 Å². The van der Waals surface area contributed by atoms with Crippen LogP contribution in [0.2, 0.25) is 0 Å². The van der Waals surface area contributed by atoms with E-state index in [9.17, 15) is 4.79 Å². The summed E-state index contributed by atoms with van der Waals surface area (Å²) in [6, 6.07) is 0.272. The first-order valence-electron chi connectivity index (χ1n) is 4.92. The van der Waals surface area contributed by atoms with Gasteiger partial charge in [0.2, 0.25) is 5.91 Å². The monoisotopic (exact) mass is 281 g/mol. The van der Waals surface area contributed by atoms with Crippen LogP contribution < -0.4 is 5.32 Å². The van der Waals surface area contributed by atoms with Crippen LogP contribution in [-0.4, -0.2) is 28.8 Å². The van der Waals surface area contributed by atoms with Gasteiger partial charge in [-0.1, -0.05) is 29.8 Å². The number of alkyl halides is 1. The lowest BCUT2D eigenvalue weighted by atomic mass is 10.1. The molecular weight excluding hydrogens is 262 g/mol. The Bertz CT molecular complexity index is 176. The van der Waals surface area contributed by atoms with Crippen molar-refractivity contribution in [1.29, 1.82) is 0 Å². The van der Waals surface area contributed by atoms with E-state index in [1.807, 2.05) is 32.5 Å². The normalized spacial score (nSPS) is 15.3. The molecule has 4 heteroatoms. The molecule has 0 aliphatic rings. The Hall–Kier alpha value is 0.300. The molecule has 0 saturated carbocycles. The first-order valence-corrected chi connectivity index (χ1v) is 7.23. The van der Waals surface area contributed by atoms with Crippen molar-refractivity contribution in [1.82, 2.24) is 5.32 Å². The van der Waals surface area contributed by atoms with E-state index in [0.717, 1.165) is 12.2 Å². The predicted molar refractivity (Wildman–Crippen MR) is 68.2 cm³/mol. The van der Waals surface area contributed by atoms with Gasteiger partial charge in [-0.2, -0.15) is 11.8 Å². The third kappa shape index (κ3) is 5.91. The van der Waals surface area contributed by atoms with Crippen LogP contribution in [0.1, 0.15) is 27.2 Å². The molecule has 0 heterocycles. The third-order valence-corrected chi connectivity index (χ3v) is 4.10. The lowest BCUT2D eigenvalue weighted by molar-refractivity contribution is -0.121. The molecule has 2 unspecified atom stereocenters. The first kappa shape index (κ1) is 14.3. The molecule has 0 bridgehead atoms. The van der Waals surface area contributed by atoms with Crippen LogP contribution in [0, 0.1) is 5.92 Å². The average Bonchev–Trinajstić information content (AvgIpc) is 2.13. The molecule has 0 rings (SSSR count). The SMILES string of the molecule is CSCCC(C)NC(=O)C(Br)C(C)C. The highest BCUT2D eigenvalue weighted by atomic mass is 79.9. The van der Waals surface area contributed by atoms with Crippen molar-refractivity contribution in [3.63, 3.8) is 0 Å². The van der Waals surface area contributed by atoms with Gasteiger partial charge in [0, 0.05) is 6.04 Å². The standard InChI is InChI=1S/C10H20BrNOS/c1-7(2)9(11)10(13)12-8(3)5-6-14-4/h7-9H,5-6H2,1-4H3,(H,12,13). The quantitative estimate of drug-likeness (QED) is 0.759. The summed E-state index contributed by atoms with van der Waals surface area (Å²) in [5.41, 5.74) is 0. The van der Waals surface area contributed by atoms with Gasteiger partial charge in [-0.25, -0.2) is 0 Å². The Kier molecular flexibility index (Phi) is 7.74. The fraction of sp³-hybridized carbons (Fsp3) is 0.900. The van der Waals surface area contributed by atoms with E-state index in [-0.39, 0.29) is 16.8 Å². The zero-order valence-corrected chi connectivity index (χ0v) is 11.7. The van der Waals surface area contributed by atoms with E-state index in [2.05, 4.69) is 27.5 Å². The molecule has 1 amide bonds. The maximum Gasteiger partial charge on any atom is 0.234 e. The second-order valence-corrected chi connectivity index (χ2v) is 5.81. The van der Waals surface area contributed by atoms with Gasteiger partial charge < -0.3 is 5.32 Å². The number of thioether (sulfide) groups is 1. The number of carbonyl (C=O) groups is 1. The van der Waals surface area contributed by atoms with Gasteiger partial charge in [0.15, 0.2) is 0 Å². The third-order valence-electron chi connectivity index (χ3n) is 1.98. The first-order chi connectivity index (χ1) is 6.49. The van der Waals surface area contributed by atoms with Gasteiger partial charge in [0.25, 0.3) is 0 Å². The van der Waals surface area contributed by atoms with Crippen LogP contribution in [-0.2, 0) is 4.79 Å². The number of halogens is 1. The Balaban J connectivity index is 3.81. The lowest BCUT2D eigenvalue weighted by Gasteiger charge is -2.18. The Labute approximate surface area is 99.7 Å². The second kappa shape index (κ2) is 7.57. The molecule has 0 radical (unpaired) electrons. The number of hydrogen-bond acceptors (Lipinski definition) is 2. The molecule has 0 aliphatic heterocycles. The minimum atomic E-state index is -0.0702. The summed E-state index contributed by atoms with van der Waals surface area (Å²) in [5, 5.41) is 3.00. The summed E-state index contributed by atoms with van der Waals surface area (Å²) in [7, 11) is 0. The molecule has 14 heavy (non-hydrogen) atoms. The molecule has 0 aromatic rings. The van der Waals surface area contributed by atoms with Gasteiger partial charge in [0.05, 0.1) is 4.83 Å². The molecular formula is C10H20BrNOS. The van der Waals surface area contributed by atoms with Crippen LogP contribution in [0.3, 0.4) is 0 Å². The van der Waals surface area contributed by atoms with E-state index in [4.69, 9.17) is 0 Å². The van der Waals surface area contributed by atoms with Crippen molar-refractivity contribution in [2.45, 2.75) is 38.1 Å². The van der Waals surface area contributed by atoms with E-state index in [0.29, 0.717) is 5.92 Å². The van der Waals surface area contributed by atoms with Gasteiger partial charge in [-0.05, 0) is 31.3 Å². The molecule has 0 fully saturated rings. The van der Waals surface area contributed by atoms with Crippen LogP contribution in [0.15, 0.2) is 0 Å². The molecule has 1 N–H and O–H groups in total. The summed E-state index contributed by atoms with van der Waals surface area (Å²) < 4.78 is 0. The van der Waals surface area contributed by atoms with Gasteiger partial charge in [-0.15, -0.1) is 0 Å². The summed E-state index contributed by atoms with van der Waals surface area (Å²) in [6.45, 7) is 6.12. The van der Waals surface area contributed by atoms with Crippen LogP contribution >= 0.6 is 27.7 Å². The summed E-state index contributed by atoms with van der Waals surface area (Å²) in [6.07, 6.45) is 3.11. The van der Waals surface area contributed by atoms with E-state index < -0.39 is 0 Å². The molecule has 2 nitrogen and oxygen atoms in total. The van der Waals surface area contributed by atoms with E-state index in [1.54, 1.807) is 0 Å². The highest BCUT2D eigenvalue weighted by Crippen LogP contribution is 2.12. The van der Waals surface area contributed by atoms with Crippen molar-refractivity contribution in [3.05, 3.63) is 0 Å². The van der Waals surface area contributed by atoms with Crippen LogP contribution in [0.25, 0.3) is 0 Å². The number of hydrogen-bond donors (Lipinski definition) is 1. The van der Waals surface area contributed by atoms with Crippen molar-refractivity contribution >= 4 is 33.6 Å². The maximum absolute atomic E-state index is 11.6. The highest BCUT2D eigenvalue weighted by molar-refractivity contribution is 9.10. The number of carbonyl (C=O) groups excluding carboxylic acids is 1. The number of rotatable bonds is 6. The smallest absolute Gasteiger partial charge is 0.234 e. The highest BCUT2D eigenvalue weighted by Gasteiger charge is 2.19. The summed E-state index contributed by atoms with van der Waals surface area (Å²) in [4.78, 5) is 11.5. The molecule has 0 aromatic carbocycles. The zero-order valence-electron chi connectivity index (χ0n) is 9.34. The Morgan fingerprint density at radius 3 is 2.43 bits per heavy atom. The van der Waals surface area contributed by atoms with E-state index >= 15 is 0 Å². The Morgan fingerprint density at radius 1 is 1.43 bits per heavy atom. The van der Waals surface area contributed by atoms with Gasteiger partial charge in [0.1, 0.15) is 0 Å². The summed E-state index contributed by atoms with van der Waals surface area (Å²) in [5.74, 6) is 1.53. The van der Waals surface area contributed by atoms with Crippen LogP contribution in [0.5, 0.6) is 0 Å². The zero-order chi connectivity index (χ0) is 11.1. The molecule has 0 aromatic heterocycles. The van der Waals surface area contributed by atoms with Crippen molar-refractivity contribution in [2.75, 3.05) is 12.0 Å². The van der Waals surface area contributed by atoms with Gasteiger partial charge >= 0.3 is 0 Å². The predicted octanol–water partition coefficient (Wildman–Crippen LogP) is 2.66. The second-order valence-electron chi connectivity index (χ2n) is 3.84. The summed E-state index contributed by atoms with van der Waals surface area (Å²) >= 11 is 5.20. The Morgan fingerprint density at radius 2 is 2.00 bits per heavy atom. The average molecular weight is 282 g/mol. The van der Waals surface area contributed by atoms with Crippen molar-refractivity contribution in [2.24, 2.45) is 5.92 Å². The molecule has 84 valence electrons. The molecule has 0 saturated heterocycles. The number of amides is 1. The molecule has 0 spiro atoms. The fourth-order valence-corrected chi connectivity index (χ4v) is 1.71. The fourth-order valence-electron chi connectivity index (χ4n) is 0.992. The van der Waals surface area contributed by atoms with E-state index in [1.165, 1.54) is 0 Å². The minimum Gasteiger partial charge on any atom is -0.353 e. The lowest BCUT2D eigenvalue weighted by Crippen LogP contribution is -2.39. The van der Waals surface area contributed by atoms with Crippen LogP contribution in [0.4, 0.5) is 0 Å². The minimum absolute atomic E-state index is 0.0702.